The highest BCUT2D eigenvalue weighted by Crippen LogP contribution is 2.44. The third kappa shape index (κ3) is 3.28. The molecule has 0 heterocycles. The van der Waals surface area contributed by atoms with Crippen molar-refractivity contribution in [2.75, 3.05) is 6.61 Å². The second-order valence-corrected chi connectivity index (χ2v) is 5.15. The molecule has 0 saturated heterocycles. The van der Waals surface area contributed by atoms with Crippen LogP contribution in [-0.2, 0) is 0 Å². The summed E-state index contributed by atoms with van der Waals surface area (Å²) in [6.07, 6.45) is 1.13. The summed E-state index contributed by atoms with van der Waals surface area (Å²) in [5.74, 6) is -19.0. The van der Waals surface area contributed by atoms with Gasteiger partial charge in [0.15, 0.2) is 11.6 Å². The molecule has 0 bridgehead atoms. The molecule has 0 fully saturated rings. The Bertz CT molecular complexity index is 966. The number of nitro groups is 1. The summed E-state index contributed by atoms with van der Waals surface area (Å²) in [6, 6.07) is 0. The van der Waals surface area contributed by atoms with Crippen LogP contribution in [0.4, 0.5) is 32.0 Å². The van der Waals surface area contributed by atoms with Gasteiger partial charge in [-0.25, -0.2) is 4.39 Å². The number of phenols is 1. The van der Waals surface area contributed by atoms with E-state index in [1.54, 1.807) is 0 Å². The van der Waals surface area contributed by atoms with Gasteiger partial charge in [0.1, 0.15) is 6.61 Å². The molecule has 1 N–H and O–H groups in total. The smallest absolute Gasteiger partial charge is 0.352 e. The van der Waals surface area contributed by atoms with E-state index in [9.17, 15) is 41.6 Å². The molecular formula is C16H9F6NO5. The predicted molar refractivity (Wildman–Crippen MR) is 81.5 cm³/mol. The summed E-state index contributed by atoms with van der Waals surface area (Å²) < 4.78 is 93.3. The van der Waals surface area contributed by atoms with Crippen LogP contribution in [0.2, 0.25) is 0 Å². The van der Waals surface area contributed by atoms with Gasteiger partial charge in [0, 0.05) is 5.56 Å². The molecule has 0 aliphatic rings. The molecule has 0 aliphatic heterocycles. The number of hydrogen-bond donors (Lipinski definition) is 1. The van der Waals surface area contributed by atoms with Crippen LogP contribution in [0, 0.1) is 51.9 Å². The molecule has 0 aromatic heterocycles. The molecule has 2 aromatic carbocycles. The van der Waals surface area contributed by atoms with E-state index >= 15 is 0 Å². The minimum atomic E-state index is -2.38. The molecule has 0 unspecified atom stereocenters. The van der Waals surface area contributed by atoms with Crippen molar-refractivity contribution in [3.05, 3.63) is 63.2 Å². The highest BCUT2D eigenvalue weighted by Gasteiger charge is 2.35. The van der Waals surface area contributed by atoms with Crippen LogP contribution >= 0.6 is 0 Å². The van der Waals surface area contributed by atoms with Crippen molar-refractivity contribution in [1.82, 2.24) is 0 Å². The van der Waals surface area contributed by atoms with Crippen LogP contribution < -0.4 is 9.47 Å². The van der Waals surface area contributed by atoms with Crippen LogP contribution in [0.15, 0.2) is 12.7 Å². The molecule has 0 spiro atoms. The normalized spacial score (nSPS) is 10.7. The van der Waals surface area contributed by atoms with Gasteiger partial charge in [-0.1, -0.05) is 12.7 Å². The van der Waals surface area contributed by atoms with Crippen molar-refractivity contribution in [3.8, 4) is 23.0 Å². The van der Waals surface area contributed by atoms with Gasteiger partial charge in [-0.3, -0.25) is 10.1 Å². The van der Waals surface area contributed by atoms with Crippen LogP contribution in [0.5, 0.6) is 23.0 Å². The first-order valence-corrected chi connectivity index (χ1v) is 7.16. The van der Waals surface area contributed by atoms with Gasteiger partial charge in [0.2, 0.25) is 46.3 Å². The standard InChI is InChI=1S/C16H9F6NO5/c1-3-4-27-14-5(2)6(17)8(19)16(11(14)22)28-15-9(20)7(18)12(23(25)26)13(24)10(15)21/h3,24H,1,4H2,2H3. The van der Waals surface area contributed by atoms with Gasteiger partial charge in [0.05, 0.1) is 4.92 Å². The van der Waals surface area contributed by atoms with Gasteiger partial charge < -0.3 is 14.6 Å². The van der Waals surface area contributed by atoms with E-state index in [2.05, 4.69) is 11.3 Å². The Balaban J connectivity index is 2.72. The fourth-order valence-corrected chi connectivity index (χ4v) is 2.11. The summed E-state index contributed by atoms with van der Waals surface area (Å²) in [4.78, 5) is 8.96. The minimum absolute atomic E-state index is 0.363. The molecular weight excluding hydrogens is 400 g/mol. The maximum Gasteiger partial charge on any atom is 0.352 e. The first-order valence-electron chi connectivity index (χ1n) is 7.16. The van der Waals surface area contributed by atoms with E-state index in [1.165, 1.54) is 0 Å². The van der Waals surface area contributed by atoms with Crippen molar-refractivity contribution < 1.29 is 45.8 Å². The number of nitro benzene ring substituents is 1. The van der Waals surface area contributed by atoms with Gasteiger partial charge in [0.25, 0.3) is 0 Å². The third-order valence-electron chi connectivity index (χ3n) is 3.42. The number of rotatable bonds is 6. The molecule has 0 atom stereocenters. The first kappa shape index (κ1) is 20.9. The molecule has 0 radical (unpaired) electrons. The zero-order chi connectivity index (χ0) is 21.3. The summed E-state index contributed by atoms with van der Waals surface area (Å²) in [5.41, 5.74) is -2.61. The highest BCUT2D eigenvalue weighted by molar-refractivity contribution is 5.55. The lowest BCUT2D eigenvalue weighted by Gasteiger charge is -2.16. The average molecular weight is 409 g/mol. The quantitative estimate of drug-likeness (QED) is 0.244. The maximum atomic E-state index is 14.5. The van der Waals surface area contributed by atoms with Gasteiger partial charge >= 0.3 is 5.69 Å². The Morgan fingerprint density at radius 2 is 1.50 bits per heavy atom. The second kappa shape index (κ2) is 7.66. The Hall–Kier alpha value is -3.44. The molecule has 6 nitrogen and oxygen atoms in total. The number of nitrogens with zero attached hydrogens (tertiary/aromatic N) is 1. The van der Waals surface area contributed by atoms with E-state index in [4.69, 9.17) is 4.74 Å². The molecule has 0 amide bonds. The number of aromatic hydroxyl groups is 1. The van der Waals surface area contributed by atoms with Gasteiger partial charge in [-0.05, 0) is 6.92 Å². The summed E-state index contributed by atoms with van der Waals surface area (Å²) >= 11 is 0. The van der Waals surface area contributed by atoms with E-state index in [-0.39, 0.29) is 6.61 Å². The summed E-state index contributed by atoms with van der Waals surface area (Å²) in [7, 11) is 0. The van der Waals surface area contributed by atoms with Crippen molar-refractivity contribution in [3.63, 3.8) is 0 Å². The lowest BCUT2D eigenvalue weighted by Crippen LogP contribution is -2.08. The Kier molecular flexibility index (Phi) is 5.71. The Morgan fingerprint density at radius 1 is 0.964 bits per heavy atom. The number of benzene rings is 2. The molecule has 12 heteroatoms. The number of hydrogen-bond acceptors (Lipinski definition) is 5. The number of halogens is 6. The molecule has 0 saturated carbocycles. The topological polar surface area (TPSA) is 81.8 Å². The minimum Gasteiger partial charge on any atom is -0.500 e. The zero-order valence-corrected chi connectivity index (χ0v) is 13.8. The van der Waals surface area contributed by atoms with E-state index < -0.39 is 74.1 Å². The van der Waals surface area contributed by atoms with Crippen LogP contribution in [0.25, 0.3) is 0 Å². The van der Waals surface area contributed by atoms with E-state index in [0.717, 1.165) is 13.0 Å². The van der Waals surface area contributed by atoms with Gasteiger partial charge in [-0.15, -0.1) is 0 Å². The average Bonchev–Trinajstić information content (AvgIpc) is 2.64. The Morgan fingerprint density at radius 3 is 2.04 bits per heavy atom. The third-order valence-corrected chi connectivity index (χ3v) is 3.42. The maximum absolute atomic E-state index is 14.5. The van der Waals surface area contributed by atoms with E-state index in [0.29, 0.717) is 0 Å². The second-order valence-electron chi connectivity index (χ2n) is 5.15. The SMILES string of the molecule is C=CCOc1c(C)c(F)c(F)c(Oc2c(F)c(O)c([N+](=O)[O-])c(F)c2F)c1F. The van der Waals surface area contributed by atoms with E-state index in [1.807, 2.05) is 0 Å². The molecule has 2 aromatic rings. The van der Waals surface area contributed by atoms with Crippen LogP contribution in [0.3, 0.4) is 0 Å². The number of phenolic OH excluding ortho intramolecular Hbond substituents is 1. The molecule has 2 rings (SSSR count). The fourth-order valence-electron chi connectivity index (χ4n) is 2.11. The molecule has 28 heavy (non-hydrogen) atoms. The monoisotopic (exact) mass is 409 g/mol. The largest absolute Gasteiger partial charge is 0.500 e. The molecule has 0 aliphatic carbocycles. The van der Waals surface area contributed by atoms with Crippen LogP contribution in [0.1, 0.15) is 5.56 Å². The predicted octanol–water partition coefficient (Wildman–Crippen LogP) is 4.80. The summed E-state index contributed by atoms with van der Waals surface area (Å²) in [6.45, 7) is 3.83. The first-order chi connectivity index (χ1) is 13.0. The number of ether oxygens (including phenoxy) is 2. The van der Waals surface area contributed by atoms with Crippen molar-refractivity contribution in [1.29, 1.82) is 0 Å². The van der Waals surface area contributed by atoms with Crippen molar-refractivity contribution in [2.24, 2.45) is 0 Å². The van der Waals surface area contributed by atoms with Gasteiger partial charge in [-0.2, -0.15) is 22.0 Å². The zero-order valence-electron chi connectivity index (χ0n) is 13.8. The van der Waals surface area contributed by atoms with Crippen LogP contribution in [-0.4, -0.2) is 16.6 Å². The lowest BCUT2D eigenvalue weighted by molar-refractivity contribution is -0.389. The fraction of sp³-hybridized carbons (Fsp3) is 0.125. The summed E-state index contributed by atoms with van der Waals surface area (Å²) in [5, 5.41) is 19.9. The Labute approximate surface area is 152 Å². The van der Waals surface area contributed by atoms with Crippen molar-refractivity contribution >= 4 is 5.69 Å². The lowest BCUT2D eigenvalue weighted by atomic mass is 10.1. The molecule has 150 valence electrons. The highest BCUT2D eigenvalue weighted by atomic mass is 19.2. The van der Waals surface area contributed by atoms with Crippen molar-refractivity contribution in [2.45, 2.75) is 6.92 Å².